The summed E-state index contributed by atoms with van der Waals surface area (Å²) in [6.45, 7) is 1.89. The van der Waals surface area contributed by atoms with E-state index in [0.717, 1.165) is 18.9 Å². The van der Waals surface area contributed by atoms with Crippen molar-refractivity contribution in [1.29, 1.82) is 0 Å². The Kier molecular flexibility index (Phi) is 6.73. The highest BCUT2D eigenvalue weighted by atomic mass is 79.9. The minimum atomic E-state index is -5.61. The summed E-state index contributed by atoms with van der Waals surface area (Å²) in [5.41, 5.74) is -3.06. The van der Waals surface area contributed by atoms with Crippen LogP contribution < -0.4 is 0 Å². The molecule has 142 valence electrons. The highest BCUT2D eigenvalue weighted by molar-refractivity contribution is 9.10. The molecule has 0 saturated carbocycles. The van der Waals surface area contributed by atoms with Crippen molar-refractivity contribution < 1.29 is 23.1 Å². The molecule has 2 aromatic rings. The minimum absolute atomic E-state index is 0.0494. The molecular weight excluding hydrogens is 445 g/mol. The Balaban J connectivity index is 2.15. The number of rotatable bonds is 7. The third-order valence-electron chi connectivity index (χ3n) is 4.25. The summed E-state index contributed by atoms with van der Waals surface area (Å²) in [5.74, 6) is 0. The first kappa shape index (κ1) is 21.6. The number of hydrogen-bond acceptors (Lipinski definition) is 2. The van der Waals surface area contributed by atoms with Gasteiger partial charge in [0.1, 0.15) is 0 Å². The molecule has 0 aliphatic heterocycles. The largest absolute Gasteiger partial charge is 0.399 e. The molecule has 0 aliphatic carbocycles. The van der Waals surface area contributed by atoms with Crippen LogP contribution in [0.2, 0.25) is 0 Å². The average Bonchev–Trinajstić information content (AvgIpc) is 2.54. The molecule has 2 aromatic carbocycles. The predicted molar refractivity (Wildman–Crippen MR) is 106 cm³/mol. The standard InChI is InChI=1S/C18H20BrF2O3PS/c1-17(26,11-5-8-13-6-3-2-4-7-13)14-9-10-15(16(19)12-14)18(20,21)25(22,23)24/h2-4,6-7,9-10,12,26H,5,8,11H2,1H3,(H2,22,23,24). The number of halogens is 3. The summed E-state index contributed by atoms with van der Waals surface area (Å²) in [4.78, 5) is 17.8. The smallest absolute Gasteiger partial charge is 0.320 e. The van der Waals surface area contributed by atoms with Gasteiger partial charge in [-0.3, -0.25) is 4.57 Å². The van der Waals surface area contributed by atoms with Gasteiger partial charge in [-0.05, 0) is 43.4 Å². The number of aryl methyl sites for hydroxylation is 1. The maximum atomic E-state index is 13.9. The first-order valence-corrected chi connectivity index (χ1v) is 10.8. The van der Waals surface area contributed by atoms with Crippen LogP contribution in [0.1, 0.15) is 36.5 Å². The lowest BCUT2D eigenvalue weighted by atomic mass is 9.92. The molecule has 0 heterocycles. The van der Waals surface area contributed by atoms with E-state index in [1.54, 1.807) is 0 Å². The molecule has 2 N–H and O–H groups in total. The van der Waals surface area contributed by atoms with Crippen molar-refractivity contribution in [3.05, 3.63) is 69.7 Å². The fraction of sp³-hybridized carbons (Fsp3) is 0.333. The monoisotopic (exact) mass is 464 g/mol. The zero-order valence-corrected chi connectivity index (χ0v) is 17.4. The fourth-order valence-corrected chi connectivity index (χ4v) is 4.26. The normalized spacial score (nSPS) is 14.9. The molecule has 1 unspecified atom stereocenters. The lowest BCUT2D eigenvalue weighted by Gasteiger charge is -2.26. The maximum absolute atomic E-state index is 13.9. The van der Waals surface area contributed by atoms with Crippen LogP contribution in [0.4, 0.5) is 8.78 Å². The van der Waals surface area contributed by atoms with E-state index in [-0.39, 0.29) is 4.47 Å². The summed E-state index contributed by atoms with van der Waals surface area (Å²) in [7, 11) is -5.61. The van der Waals surface area contributed by atoms with E-state index in [4.69, 9.17) is 9.79 Å². The van der Waals surface area contributed by atoms with E-state index in [1.807, 2.05) is 37.3 Å². The van der Waals surface area contributed by atoms with Gasteiger partial charge in [-0.2, -0.15) is 21.4 Å². The SMILES string of the molecule is CC(S)(CCCc1ccccc1)c1ccc(C(F)(F)P(=O)(O)O)c(Br)c1. The molecule has 0 saturated heterocycles. The van der Waals surface area contributed by atoms with Gasteiger partial charge in [0.2, 0.25) is 0 Å². The first-order valence-electron chi connectivity index (χ1n) is 7.95. The summed E-state index contributed by atoms with van der Waals surface area (Å²) < 4.78 is 38.3. The molecule has 0 spiro atoms. The number of hydrogen-bond donors (Lipinski definition) is 3. The van der Waals surface area contributed by atoms with Crippen molar-refractivity contribution in [2.75, 3.05) is 0 Å². The summed E-state index contributed by atoms with van der Waals surface area (Å²) >= 11 is 7.69. The Morgan fingerprint density at radius 1 is 1.15 bits per heavy atom. The topological polar surface area (TPSA) is 57.5 Å². The Labute approximate surface area is 165 Å². The van der Waals surface area contributed by atoms with Gasteiger partial charge in [-0.1, -0.05) is 58.4 Å². The highest BCUT2D eigenvalue weighted by Crippen LogP contribution is 2.60. The van der Waals surface area contributed by atoms with Gasteiger partial charge in [0.05, 0.1) is 0 Å². The Morgan fingerprint density at radius 2 is 1.77 bits per heavy atom. The molecule has 26 heavy (non-hydrogen) atoms. The third-order valence-corrected chi connectivity index (χ3v) is 6.36. The molecule has 1 atom stereocenters. The highest BCUT2D eigenvalue weighted by Gasteiger charge is 2.51. The number of thiol groups is 1. The molecule has 0 radical (unpaired) electrons. The molecule has 3 nitrogen and oxygen atoms in total. The summed E-state index contributed by atoms with van der Waals surface area (Å²) in [6, 6.07) is 14.0. The van der Waals surface area contributed by atoms with Crippen LogP contribution in [0.15, 0.2) is 53.0 Å². The predicted octanol–water partition coefficient (Wildman–Crippen LogP) is 5.84. The van der Waals surface area contributed by atoms with Gasteiger partial charge in [0, 0.05) is 14.8 Å². The molecule has 2 rings (SSSR count). The fourth-order valence-electron chi connectivity index (χ4n) is 2.68. The van der Waals surface area contributed by atoms with Gasteiger partial charge in [-0.25, -0.2) is 0 Å². The van der Waals surface area contributed by atoms with Gasteiger partial charge in [0.25, 0.3) is 0 Å². The Morgan fingerprint density at radius 3 is 2.31 bits per heavy atom. The second-order valence-corrected chi connectivity index (χ2v) is 9.88. The van der Waals surface area contributed by atoms with E-state index < -0.39 is 23.6 Å². The van der Waals surface area contributed by atoms with Crippen LogP contribution in [-0.4, -0.2) is 9.79 Å². The zero-order chi connectivity index (χ0) is 19.6. The second kappa shape index (κ2) is 8.11. The van der Waals surface area contributed by atoms with Crippen molar-refractivity contribution in [1.82, 2.24) is 0 Å². The lowest BCUT2D eigenvalue weighted by molar-refractivity contribution is 0.0557. The van der Waals surface area contributed by atoms with Crippen molar-refractivity contribution >= 4 is 36.2 Å². The molecule has 0 amide bonds. The van der Waals surface area contributed by atoms with Crippen molar-refractivity contribution in [3.63, 3.8) is 0 Å². The van der Waals surface area contributed by atoms with Gasteiger partial charge in [0.15, 0.2) is 0 Å². The minimum Gasteiger partial charge on any atom is -0.320 e. The van der Waals surface area contributed by atoms with Crippen LogP contribution in [0, 0.1) is 0 Å². The van der Waals surface area contributed by atoms with Crippen LogP contribution >= 0.6 is 36.2 Å². The molecule has 0 fully saturated rings. The molecule has 0 aliphatic rings. The Bertz CT molecular complexity index is 809. The lowest BCUT2D eigenvalue weighted by Crippen LogP contribution is -2.17. The van der Waals surface area contributed by atoms with E-state index in [1.165, 1.54) is 17.7 Å². The number of alkyl halides is 2. The van der Waals surface area contributed by atoms with Crippen molar-refractivity contribution in [2.24, 2.45) is 0 Å². The van der Waals surface area contributed by atoms with Crippen LogP contribution in [0.25, 0.3) is 0 Å². The zero-order valence-electron chi connectivity index (χ0n) is 14.1. The van der Waals surface area contributed by atoms with E-state index >= 15 is 0 Å². The second-order valence-electron chi connectivity index (χ2n) is 6.39. The van der Waals surface area contributed by atoms with Crippen LogP contribution in [0.5, 0.6) is 0 Å². The Hall–Kier alpha value is -0.720. The number of benzene rings is 2. The van der Waals surface area contributed by atoms with E-state index in [0.29, 0.717) is 12.0 Å². The van der Waals surface area contributed by atoms with Gasteiger partial charge < -0.3 is 9.79 Å². The summed E-state index contributed by atoms with van der Waals surface area (Å²) in [6.07, 6.45) is 2.46. The third kappa shape index (κ3) is 4.96. The van der Waals surface area contributed by atoms with Crippen molar-refractivity contribution in [3.8, 4) is 0 Å². The van der Waals surface area contributed by atoms with Crippen molar-refractivity contribution in [2.45, 2.75) is 36.6 Å². The van der Waals surface area contributed by atoms with Gasteiger partial charge in [-0.15, -0.1) is 0 Å². The quantitative estimate of drug-likeness (QED) is 0.356. The summed E-state index contributed by atoms with van der Waals surface area (Å²) in [5, 5.41) is 0. The van der Waals surface area contributed by atoms with E-state index in [9.17, 15) is 13.3 Å². The maximum Gasteiger partial charge on any atom is 0.399 e. The molecule has 0 bridgehead atoms. The first-order chi connectivity index (χ1) is 11.9. The average molecular weight is 465 g/mol. The van der Waals surface area contributed by atoms with Gasteiger partial charge >= 0.3 is 13.3 Å². The van der Waals surface area contributed by atoms with E-state index in [2.05, 4.69) is 28.6 Å². The molecule has 0 aromatic heterocycles. The van der Waals surface area contributed by atoms with Crippen LogP contribution in [-0.2, 0) is 21.4 Å². The molecule has 8 heteroatoms. The van der Waals surface area contributed by atoms with Crippen LogP contribution in [0.3, 0.4) is 0 Å². The molecular formula is C18H20BrF2O3PS.